The predicted octanol–water partition coefficient (Wildman–Crippen LogP) is 2.79. The molecule has 0 heterocycles. The van der Waals surface area contributed by atoms with Gasteiger partial charge in [0, 0.05) is 0 Å². The normalized spacial score (nSPS) is 9.00. The van der Waals surface area contributed by atoms with Gasteiger partial charge >= 0.3 is 0 Å². The molecule has 0 aliphatic carbocycles. The lowest BCUT2D eigenvalue weighted by Gasteiger charge is -2.03. The number of carbonyl (C=O) groups is 1. The minimum absolute atomic E-state index is 0.00317. The predicted molar refractivity (Wildman–Crippen MR) is 85.9 cm³/mol. The van der Waals surface area contributed by atoms with Gasteiger partial charge in [-0.25, -0.2) is 0 Å². The van der Waals surface area contributed by atoms with Gasteiger partial charge in [-0.2, -0.15) is 0 Å². The van der Waals surface area contributed by atoms with Crippen molar-refractivity contribution in [2.45, 2.75) is 0 Å². The second-order valence-corrected chi connectivity index (χ2v) is 3.78. The zero-order valence-corrected chi connectivity index (χ0v) is 12.3. The Balaban J connectivity index is 0.000000404. The van der Waals surface area contributed by atoms with Crippen molar-refractivity contribution in [2.75, 3.05) is 13.7 Å². The van der Waals surface area contributed by atoms with Crippen LogP contribution in [0.1, 0.15) is 5.56 Å². The molecule has 5 nitrogen and oxygen atoms in total. The van der Waals surface area contributed by atoms with Gasteiger partial charge in [0.05, 0.1) is 13.7 Å². The Hall–Kier alpha value is -2.79. The van der Waals surface area contributed by atoms with Crippen molar-refractivity contribution >= 4 is 12.5 Å². The lowest BCUT2D eigenvalue weighted by molar-refractivity contribution is -0.122. The molecular formula is C17H20O5. The Kier molecular flexibility index (Phi) is 11.5. The Morgan fingerprint density at radius 2 is 1.59 bits per heavy atom. The summed E-state index contributed by atoms with van der Waals surface area (Å²) in [6.45, 7) is -0.247. The fourth-order valence-corrected chi connectivity index (χ4v) is 1.37. The summed E-state index contributed by atoms with van der Waals surface area (Å²) in [7, 11) is 1.49. The van der Waals surface area contributed by atoms with E-state index in [1.54, 1.807) is 30.4 Å². The number of carboxylic acid groups (broad SMARTS) is 1. The Bertz CT molecular complexity index is 511. The van der Waals surface area contributed by atoms with Gasteiger partial charge < -0.3 is 20.1 Å². The molecule has 0 aliphatic rings. The Morgan fingerprint density at radius 3 is 2.00 bits per heavy atom. The van der Waals surface area contributed by atoms with Gasteiger partial charge in [0.1, 0.15) is 0 Å². The van der Waals surface area contributed by atoms with E-state index in [1.807, 2.05) is 36.4 Å². The number of aliphatic hydroxyl groups is 1. The molecular weight excluding hydrogens is 284 g/mol. The average molecular weight is 304 g/mol. The number of hydrogen-bond donors (Lipinski definition) is 3. The molecule has 5 heteroatoms. The minimum Gasteiger partial charge on any atom is -0.504 e. The van der Waals surface area contributed by atoms with Crippen LogP contribution in [0.15, 0.2) is 60.7 Å². The number of benzene rings is 2. The number of phenols is 1. The van der Waals surface area contributed by atoms with Crippen LogP contribution in [-0.2, 0) is 4.79 Å². The largest absolute Gasteiger partial charge is 0.504 e. The summed E-state index contributed by atoms with van der Waals surface area (Å²) in [5, 5.41) is 24.7. The van der Waals surface area contributed by atoms with Crippen molar-refractivity contribution in [2.24, 2.45) is 0 Å². The summed E-state index contributed by atoms with van der Waals surface area (Å²) in [6, 6.07) is 17.0. The molecule has 118 valence electrons. The van der Waals surface area contributed by atoms with Crippen molar-refractivity contribution in [1.29, 1.82) is 0 Å². The summed E-state index contributed by atoms with van der Waals surface area (Å²) in [4.78, 5) is 8.36. The minimum atomic E-state index is -0.250. The molecule has 0 bridgehead atoms. The first-order valence-electron chi connectivity index (χ1n) is 6.41. The highest BCUT2D eigenvalue weighted by atomic mass is 16.5. The third-order valence-electron chi connectivity index (χ3n) is 2.29. The fourth-order valence-electron chi connectivity index (χ4n) is 1.37. The summed E-state index contributed by atoms with van der Waals surface area (Å²) in [6.07, 6.45) is 3.37. The van der Waals surface area contributed by atoms with E-state index in [-0.39, 0.29) is 18.8 Å². The quantitative estimate of drug-likeness (QED) is 0.759. The van der Waals surface area contributed by atoms with Gasteiger partial charge in [0.2, 0.25) is 0 Å². The first kappa shape index (κ1) is 19.2. The smallest absolute Gasteiger partial charge is 0.290 e. The van der Waals surface area contributed by atoms with Crippen molar-refractivity contribution < 1.29 is 24.9 Å². The molecule has 0 amide bonds. The van der Waals surface area contributed by atoms with E-state index in [2.05, 4.69) is 0 Å². The van der Waals surface area contributed by atoms with E-state index >= 15 is 0 Å². The zero-order chi connectivity index (χ0) is 16.6. The fraction of sp³-hybridized carbons (Fsp3) is 0.118. The maximum atomic E-state index is 9.26. The van der Waals surface area contributed by atoms with Gasteiger partial charge in [-0.15, -0.1) is 0 Å². The van der Waals surface area contributed by atoms with Crippen LogP contribution >= 0.6 is 0 Å². The topological polar surface area (TPSA) is 87.0 Å². The summed E-state index contributed by atoms with van der Waals surface area (Å²) in [5.74, 6) is 0.545. The Labute approximate surface area is 129 Å². The molecule has 0 spiro atoms. The molecule has 0 aromatic heterocycles. The monoisotopic (exact) mass is 304 g/mol. The number of hydrogen-bond acceptors (Lipinski definition) is 4. The SMILES string of the molecule is COc1cc(/C=C/CO)ccc1O.O=CO.c1ccccc1. The maximum Gasteiger partial charge on any atom is 0.290 e. The number of rotatable bonds is 3. The van der Waals surface area contributed by atoms with Crippen LogP contribution in [0.3, 0.4) is 0 Å². The lowest BCUT2D eigenvalue weighted by atomic mass is 10.2. The number of aliphatic hydroxyl groups excluding tert-OH is 1. The van der Waals surface area contributed by atoms with E-state index in [0.717, 1.165) is 5.56 Å². The highest BCUT2D eigenvalue weighted by Gasteiger charge is 1.99. The van der Waals surface area contributed by atoms with E-state index in [0.29, 0.717) is 5.75 Å². The van der Waals surface area contributed by atoms with E-state index in [1.165, 1.54) is 7.11 Å². The summed E-state index contributed by atoms with van der Waals surface area (Å²) in [5.41, 5.74) is 0.878. The van der Waals surface area contributed by atoms with Crippen LogP contribution < -0.4 is 4.74 Å². The zero-order valence-electron chi connectivity index (χ0n) is 12.3. The maximum absolute atomic E-state index is 9.26. The molecule has 2 rings (SSSR count). The van der Waals surface area contributed by atoms with Gasteiger partial charge in [0.25, 0.3) is 6.47 Å². The highest BCUT2D eigenvalue weighted by Crippen LogP contribution is 2.26. The van der Waals surface area contributed by atoms with Gasteiger partial charge in [-0.3, -0.25) is 4.79 Å². The van der Waals surface area contributed by atoms with Gasteiger partial charge in [-0.05, 0) is 17.7 Å². The molecule has 0 radical (unpaired) electrons. The molecule has 0 fully saturated rings. The van der Waals surface area contributed by atoms with Crippen molar-refractivity contribution in [1.82, 2.24) is 0 Å². The third-order valence-corrected chi connectivity index (χ3v) is 2.29. The van der Waals surface area contributed by atoms with Crippen LogP contribution in [-0.4, -0.2) is 35.5 Å². The molecule has 0 atom stereocenters. The molecule has 2 aromatic rings. The summed E-state index contributed by atoms with van der Waals surface area (Å²) >= 11 is 0. The molecule has 0 unspecified atom stereocenters. The van der Waals surface area contributed by atoms with Gasteiger partial charge in [-0.1, -0.05) is 54.6 Å². The molecule has 3 N–H and O–H groups in total. The van der Waals surface area contributed by atoms with Crippen molar-refractivity contribution in [3.63, 3.8) is 0 Å². The van der Waals surface area contributed by atoms with Gasteiger partial charge in [0.15, 0.2) is 11.5 Å². The van der Waals surface area contributed by atoms with Crippen LogP contribution in [0.5, 0.6) is 11.5 Å². The first-order chi connectivity index (χ1) is 10.7. The number of phenolic OH excluding ortho intramolecular Hbond substituents is 1. The van der Waals surface area contributed by atoms with Crippen molar-refractivity contribution in [3.05, 3.63) is 66.2 Å². The third kappa shape index (κ3) is 9.17. The number of aromatic hydroxyl groups is 1. The standard InChI is InChI=1S/C10H12O3.C6H6.CH2O2/c1-13-10-7-8(3-2-6-11)4-5-9(10)12;1-2-4-6-5-3-1;2-1-3/h2-5,7,11-12H,6H2,1H3;1-6H;1H,(H,2,3)/b3-2+;;. The van der Waals surface area contributed by atoms with E-state index in [9.17, 15) is 5.11 Å². The van der Waals surface area contributed by atoms with Crippen LogP contribution in [0.2, 0.25) is 0 Å². The van der Waals surface area contributed by atoms with E-state index in [4.69, 9.17) is 19.7 Å². The average Bonchev–Trinajstić information content (AvgIpc) is 2.57. The molecule has 2 aromatic carbocycles. The number of methoxy groups -OCH3 is 1. The second kappa shape index (κ2) is 13.2. The van der Waals surface area contributed by atoms with Crippen molar-refractivity contribution in [3.8, 4) is 11.5 Å². The van der Waals surface area contributed by atoms with Crippen LogP contribution in [0.25, 0.3) is 6.08 Å². The van der Waals surface area contributed by atoms with Crippen LogP contribution in [0.4, 0.5) is 0 Å². The van der Waals surface area contributed by atoms with Crippen LogP contribution in [0, 0.1) is 0 Å². The lowest BCUT2D eigenvalue weighted by Crippen LogP contribution is -1.84. The molecule has 22 heavy (non-hydrogen) atoms. The molecule has 0 aliphatic heterocycles. The second-order valence-electron chi connectivity index (χ2n) is 3.78. The number of ether oxygens (including phenoxy) is 1. The van der Waals surface area contributed by atoms with E-state index < -0.39 is 0 Å². The molecule has 0 saturated heterocycles. The Morgan fingerprint density at radius 1 is 1.09 bits per heavy atom. The first-order valence-corrected chi connectivity index (χ1v) is 6.41. The molecule has 0 saturated carbocycles. The summed E-state index contributed by atoms with van der Waals surface area (Å²) < 4.78 is 4.92. The highest BCUT2D eigenvalue weighted by molar-refractivity contribution is 5.55.